The van der Waals surface area contributed by atoms with Gasteiger partial charge in [-0.15, -0.1) is 0 Å². The maximum atomic E-state index is 13.1. The Morgan fingerprint density at radius 3 is 2.61 bits per heavy atom. The van der Waals surface area contributed by atoms with E-state index in [-0.39, 0.29) is 28.1 Å². The summed E-state index contributed by atoms with van der Waals surface area (Å²) in [5.74, 6) is -1.39. The lowest BCUT2D eigenvalue weighted by atomic mass is 10.2. The van der Waals surface area contributed by atoms with Crippen LogP contribution in [0, 0.1) is 12.7 Å². The molecule has 0 fully saturated rings. The van der Waals surface area contributed by atoms with Crippen LogP contribution in [0.15, 0.2) is 52.9 Å². The van der Waals surface area contributed by atoms with Crippen molar-refractivity contribution in [3.05, 3.63) is 70.8 Å². The van der Waals surface area contributed by atoms with Crippen LogP contribution in [-0.2, 0) is 9.53 Å². The summed E-state index contributed by atoms with van der Waals surface area (Å²) in [6.07, 6.45) is -1.13. The Kier molecular flexibility index (Phi) is 5.75. The number of ether oxygens (including phenoxy) is 1. The number of oxazole rings is 1. The van der Waals surface area contributed by atoms with Crippen molar-refractivity contribution >= 4 is 29.2 Å². The lowest BCUT2D eigenvalue weighted by molar-refractivity contribution is -0.123. The van der Waals surface area contributed by atoms with E-state index in [0.29, 0.717) is 5.56 Å². The van der Waals surface area contributed by atoms with E-state index in [0.717, 1.165) is 12.1 Å². The number of hydrogen-bond acceptors (Lipinski definition) is 5. The lowest BCUT2D eigenvalue weighted by Gasteiger charge is -2.13. The minimum Gasteiger partial charge on any atom is -0.448 e. The van der Waals surface area contributed by atoms with Crippen molar-refractivity contribution in [3.8, 4) is 11.5 Å². The van der Waals surface area contributed by atoms with Gasteiger partial charge in [-0.2, -0.15) is 0 Å². The molecular formula is C20H16ClFN2O4. The van der Waals surface area contributed by atoms with Crippen molar-refractivity contribution in [2.45, 2.75) is 20.0 Å². The number of rotatable bonds is 5. The van der Waals surface area contributed by atoms with Gasteiger partial charge in [0.15, 0.2) is 11.8 Å². The van der Waals surface area contributed by atoms with Crippen LogP contribution in [0.1, 0.15) is 23.2 Å². The predicted octanol–water partition coefficient (Wildman–Crippen LogP) is 4.63. The second-order valence-corrected chi connectivity index (χ2v) is 6.36. The number of aromatic nitrogens is 1. The second kappa shape index (κ2) is 8.22. The van der Waals surface area contributed by atoms with Crippen LogP contribution in [0.5, 0.6) is 0 Å². The standard InChI is InChI=1S/C20H16ClFN2O4/c1-11-17(24-19(27-11)13-6-4-3-5-7-13)20(26)28-12(2)18(25)23-16-9-8-14(22)10-15(16)21/h3-10,12H,1-2H3,(H,23,25)/t12-/m1/s1. The van der Waals surface area contributed by atoms with Gasteiger partial charge in [0.2, 0.25) is 5.89 Å². The van der Waals surface area contributed by atoms with Crippen LogP contribution in [0.25, 0.3) is 11.5 Å². The number of nitrogens with one attached hydrogen (secondary N) is 1. The fourth-order valence-electron chi connectivity index (χ4n) is 2.39. The first-order valence-electron chi connectivity index (χ1n) is 8.35. The maximum Gasteiger partial charge on any atom is 0.361 e. The molecule has 0 aliphatic carbocycles. The molecule has 1 N–H and O–H groups in total. The Hall–Kier alpha value is -3.19. The molecular weight excluding hydrogens is 387 g/mol. The van der Waals surface area contributed by atoms with E-state index in [1.165, 1.54) is 13.0 Å². The van der Waals surface area contributed by atoms with Gasteiger partial charge in [-0.3, -0.25) is 4.79 Å². The van der Waals surface area contributed by atoms with Gasteiger partial charge in [-0.05, 0) is 44.2 Å². The average molecular weight is 403 g/mol. The van der Waals surface area contributed by atoms with Gasteiger partial charge in [0.1, 0.15) is 11.6 Å². The fraction of sp³-hybridized carbons (Fsp3) is 0.150. The predicted molar refractivity (Wildman–Crippen MR) is 102 cm³/mol. The van der Waals surface area contributed by atoms with Crippen molar-refractivity contribution < 1.29 is 23.1 Å². The topological polar surface area (TPSA) is 81.4 Å². The third kappa shape index (κ3) is 4.37. The number of carbonyl (C=O) groups is 2. The molecule has 0 radical (unpaired) electrons. The Morgan fingerprint density at radius 2 is 1.93 bits per heavy atom. The Bertz CT molecular complexity index is 1020. The largest absolute Gasteiger partial charge is 0.448 e. The summed E-state index contributed by atoms with van der Waals surface area (Å²) in [7, 11) is 0. The summed E-state index contributed by atoms with van der Waals surface area (Å²) >= 11 is 5.88. The number of carbonyl (C=O) groups excluding carboxylic acids is 2. The molecule has 3 aromatic rings. The van der Waals surface area contributed by atoms with Crippen LogP contribution in [0.4, 0.5) is 10.1 Å². The molecule has 0 spiro atoms. The molecule has 1 atom stereocenters. The molecule has 0 aliphatic heterocycles. The van der Waals surface area contributed by atoms with Crippen LogP contribution in [0.3, 0.4) is 0 Å². The van der Waals surface area contributed by atoms with Crippen molar-refractivity contribution in [2.75, 3.05) is 5.32 Å². The monoisotopic (exact) mass is 402 g/mol. The van der Waals surface area contributed by atoms with Gasteiger partial charge >= 0.3 is 5.97 Å². The Labute approximate surface area is 165 Å². The maximum absolute atomic E-state index is 13.1. The van der Waals surface area contributed by atoms with Gasteiger partial charge in [0.05, 0.1) is 10.7 Å². The quantitative estimate of drug-likeness (QED) is 0.629. The summed E-state index contributed by atoms with van der Waals surface area (Å²) < 4.78 is 23.8. The molecule has 0 saturated carbocycles. The van der Waals surface area contributed by atoms with Crippen LogP contribution in [-0.4, -0.2) is 23.0 Å². The first kappa shape index (κ1) is 19.6. The number of halogens is 2. The van der Waals surface area contributed by atoms with Gasteiger partial charge in [0, 0.05) is 5.56 Å². The normalized spacial score (nSPS) is 11.7. The molecule has 0 saturated heterocycles. The zero-order valence-corrected chi connectivity index (χ0v) is 15.8. The molecule has 0 unspecified atom stereocenters. The highest BCUT2D eigenvalue weighted by Crippen LogP contribution is 2.24. The fourth-order valence-corrected chi connectivity index (χ4v) is 2.60. The molecule has 3 rings (SSSR count). The minimum absolute atomic E-state index is 0.0154. The highest BCUT2D eigenvalue weighted by atomic mass is 35.5. The Balaban J connectivity index is 1.68. The molecule has 28 heavy (non-hydrogen) atoms. The third-order valence-corrected chi connectivity index (χ3v) is 4.17. The molecule has 8 heteroatoms. The smallest absolute Gasteiger partial charge is 0.361 e. The molecule has 1 amide bonds. The number of nitrogens with zero attached hydrogens (tertiary/aromatic N) is 1. The highest BCUT2D eigenvalue weighted by Gasteiger charge is 2.24. The van der Waals surface area contributed by atoms with Crippen LogP contribution < -0.4 is 5.32 Å². The van der Waals surface area contributed by atoms with E-state index < -0.39 is 23.8 Å². The average Bonchev–Trinajstić information content (AvgIpc) is 3.06. The molecule has 2 aromatic carbocycles. The molecule has 0 bridgehead atoms. The molecule has 6 nitrogen and oxygen atoms in total. The molecule has 1 heterocycles. The number of anilines is 1. The van der Waals surface area contributed by atoms with Gasteiger partial charge in [-0.1, -0.05) is 29.8 Å². The summed E-state index contributed by atoms with van der Waals surface area (Å²) in [6.45, 7) is 2.98. The first-order valence-corrected chi connectivity index (χ1v) is 8.72. The van der Waals surface area contributed by atoms with Crippen LogP contribution >= 0.6 is 11.6 Å². The summed E-state index contributed by atoms with van der Waals surface area (Å²) in [5, 5.41) is 2.52. The van der Waals surface area contributed by atoms with Crippen molar-refractivity contribution in [2.24, 2.45) is 0 Å². The third-order valence-electron chi connectivity index (χ3n) is 3.85. The number of aryl methyl sites for hydroxylation is 1. The minimum atomic E-state index is -1.13. The van der Waals surface area contributed by atoms with E-state index in [4.69, 9.17) is 20.8 Å². The lowest BCUT2D eigenvalue weighted by Crippen LogP contribution is -2.30. The highest BCUT2D eigenvalue weighted by molar-refractivity contribution is 6.33. The molecule has 144 valence electrons. The summed E-state index contributed by atoms with van der Waals surface area (Å²) in [5.41, 5.74) is 0.902. The Morgan fingerprint density at radius 1 is 1.21 bits per heavy atom. The summed E-state index contributed by atoms with van der Waals surface area (Å²) in [6, 6.07) is 12.6. The summed E-state index contributed by atoms with van der Waals surface area (Å²) in [4.78, 5) is 28.8. The van der Waals surface area contributed by atoms with Crippen molar-refractivity contribution in [1.82, 2.24) is 4.98 Å². The SMILES string of the molecule is Cc1oc(-c2ccccc2)nc1C(=O)O[C@H](C)C(=O)Nc1ccc(F)cc1Cl. The van der Waals surface area contributed by atoms with E-state index in [2.05, 4.69) is 10.3 Å². The number of hydrogen-bond donors (Lipinski definition) is 1. The zero-order chi connectivity index (χ0) is 20.3. The molecule has 0 aliphatic rings. The van der Waals surface area contributed by atoms with E-state index >= 15 is 0 Å². The first-order chi connectivity index (χ1) is 13.3. The van der Waals surface area contributed by atoms with E-state index in [9.17, 15) is 14.0 Å². The van der Waals surface area contributed by atoms with Crippen molar-refractivity contribution in [1.29, 1.82) is 0 Å². The van der Waals surface area contributed by atoms with Gasteiger partial charge in [-0.25, -0.2) is 14.2 Å². The zero-order valence-electron chi connectivity index (χ0n) is 15.0. The van der Waals surface area contributed by atoms with Crippen molar-refractivity contribution in [3.63, 3.8) is 0 Å². The number of esters is 1. The number of amides is 1. The molecule has 1 aromatic heterocycles. The van der Waals surface area contributed by atoms with E-state index in [1.807, 2.05) is 18.2 Å². The van der Waals surface area contributed by atoms with Gasteiger partial charge < -0.3 is 14.5 Å². The number of benzene rings is 2. The second-order valence-electron chi connectivity index (χ2n) is 5.95. The van der Waals surface area contributed by atoms with E-state index in [1.54, 1.807) is 19.1 Å². The van der Waals surface area contributed by atoms with Crippen LogP contribution in [0.2, 0.25) is 5.02 Å². The van der Waals surface area contributed by atoms with Gasteiger partial charge in [0.25, 0.3) is 5.91 Å².